The smallest absolute Gasteiger partial charge is 0.294 e. The summed E-state index contributed by atoms with van der Waals surface area (Å²) in [6.45, 7) is -0.562. The van der Waals surface area contributed by atoms with E-state index in [1.165, 1.54) is 0 Å². The van der Waals surface area contributed by atoms with Crippen molar-refractivity contribution < 1.29 is 42.3 Å². The van der Waals surface area contributed by atoms with Gasteiger partial charge < -0.3 is 9.94 Å². The summed E-state index contributed by atoms with van der Waals surface area (Å²) in [6, 6.07) is 0. The van der Waals surface area contributed by atoms with Crippen molar-refractivity contribution in [3.63, 3.8) is 0 Å². The van der Waals surface area contributed by atoms with Crippen molar-refractivity contribution in [2.45, 2.75) is 0 Å². The van der Waals surface area contributed by atoms with Crippen LogP contribution >= 0.6 is 0 Å². The van der Waals surface area contributed by atoms with Gasteiger partial charge in [0.05, 0.1) is 6.61 Å². The first kappa shape index (κ1) is 11.0. The summed E-state index contributed by atoms with van der Waals surface area (Å²) in [5.74, 6) is 0. The molecule has 0 aromatic carbocycles. The molecule has 0 atom stereocenters. The van der Waals surface area contributed by atoms with Gasteiger partial charge in [0.15, 0.2) is 0 Å². The molecule has 5 nitrogen and oxygen atoms in total. The number of aliphatic hydroxyl groups is 1. The number of rotatable bonds is 3. The van der Waals surface area contributed by atoms with Gasteiger partial charge >= 0.3 is 0 Å². The third kappa shape index (κ3) is 9.43. The minimum atomic E-state index is -0.948. The van der Waals surface area contributed by atoms with Crippen LogP contribution < -0.4 is 0 Å². The predicted molar refractivity (Wildman–Crippen MR) is 20.0 cm³/mol. The molecule has 0 unspecified atom stereocenters. The normalized spacial score (nSPS) is 7.12. The van der Waals surface area contributed by atoms with E-state index in [2.05, 4.69) is 4.84 Å². The summed E-state index contributed by atoms with van der Waals surface area (Å²) in [7, 11) is 0. The third-order valence-electron chi connectivity index (χ3n) is 0.288. The Kier molecular flexibility index (Phi) is 9.70. The van der Waals surface area contributed by atoms with Crippen molar-refractivity contribution in [3.05, 3.63) is 10.1 Å². The maximum absolute atomic E-state index is 9.23. The van der Waals surface area contributed by atoms with Gasteiger partial charge in [0, 0.05) is 27.3 Å². The first-order chi connectivity index (χ1) is 3.27. The van der Waals surface area contributed by atoms with Crippen molar-refractivity contribution in [3.8, 4) is 0 Å². The predicted octanol–water partition coefficient (Wildman–Crippen LogP) is -0.816. The quantitative estimate of drug-likeness (QED) is 0.383. The van der Waals surface area contributed by atoms with Gasteiger partial charge in [-0.1, -0.05) is 0 Å². The average molecular weight is 219 g/mol. The molecule has 0 bridgehead atoms. The number of hydrogen-bond acceptors (Lipinski definition) is 4. The Balaban J connectivity index is 0. The maximum atomic E-state index is 9.23. The molecule has 0 radical (unpaired) electrons. The van der Waals surface area contributed by atoms with Crippen LogP contribution in [0.25, 0.3) is 0 Å². The molecule has 0 amide bonds. The van der Waals surface area contributed by atoms with E-state index in [4.69, 9.17) is 5.11 Å². The first-order valence-corrected chi connectivity index (χ1v) is 1.65. The van der Waals surface area contributed by atoms with Gasteiger partial charge in [0.2, 0.25) is 0 Å². The summed E-state index contributed by atoms with van der Waals surface area (Å²) in [4.78, 5) is 12.9. The van der Waals surface area contributed by atoms with E-state index in [0.717, 1.165) is 0 Å². The zero-order valence-electron chi connectivity index (χ0n) is 4.24. The minimum absolute atomic E-state index is 0. The molecule has 44 valence electrons. The zero-order chi connectivity index (χ0) is 5.70. The van der Waals surface area contributed by atoms with Crippen molar-refractivity contribution in [2.75, 3.05) is 13.2 Å². The van der Waals surface area contributed by atoms with Crippen molar-refractivity contribution in [1.29, 1.82) is 0 Å². The Morgan fingerprint density at radius 1 is 1.75 bits per heavy atom. The van der Waals surface area contributed by atoms with E-state index in [9.17, 15) is 10.1 Å². The first-order valence-electron chi connectivity index (χ1n) is 1.65. The van der Waals surface area contributed by atoms with Gasteiger partial charge in [-0.15, -0.1) is 10.1 Å². The molecule has 0 aliphatic rings. The minimum Gasteiger partial charge on any atom is -0.394 e. The van der Waals surface area contributed by atoms with Crippen LogP contribution in [0.1, 0.15) is 0 Å². The Morgan fingerprint density at radius 2 is 2.25 bits per heavy atom. The Hall–Kier alpha value is 0.0821. The van der Waals surface area contributed by atoms with E-state index >= 15 is 0 Å². The van der Waals surface area contributed by atoms with Crippen LogP contribution in [0.3, 0.4) is 0 Å². The summed E-state index contributed by atoms with van der Waals surface area (Å²) >= 11 is 0. The third-order valence-corrected chi connectivity index (χ3v) is 0.288. The molecule has 0 saturated heterocycles. The molecule has 0 spiro atoms. The Bertz CT molecular complexity index is 67.1. The monoisotopic (exact) mass is 221 g/mol. The number of aliphatic hydroxyl groups excluding tert-OH is 1. The summed E-state index contributed by atoms with van der Waals surface area (Å²) in [6.07, 6.45) is 0. The van der Waals surface area contributed by atoms with Crippen LogP contribution in [0.2, 0.25) is 0 Å². The molecule has 8 heavy (non-hydrogen) atoms. The van der Waals surface area contributed by atoms with E-state index in [-0.39, 0.29) is 40.5 Å². The van der Waals surface area contributed by atoms with Gasteiger partial charge in [-0.2, -0.15) is 0 Å². The van der Waals surface area contributed by atoms with Crippen LogP contribution in [0, 0.1) is 10.1 Å². The summed E-state index contributed by atoms with van der Waals surface area (Å²) < 4.78 is 0. The second-order valence-corrected chi connectivity index (χ2v) is 0.780. The molecule has 1 N–H and O–H groups in total. The fraction of sp³-hybridized carbons (Fsp3) is 1.00. The van der Waals surface area contributed by atoms with Gasteiger partial charge in [-0.3, -0.25) is 0 Å². The van der Waals surface area contributed by atoms with Gasteiger partial charge in [-0.25, -0.2) is 0 Å². The van der Waals surface area contributed by atoms with Gasteiger partial charge in [0.25, 0.3) is 5.09 Å². The number of hydrogen-bond donors (Lipinski definition) is 1. The van der Waals surface area contributed by atoms with Crippen molar-refractivity contribution in [1.82, 2.24) is 0 Å². The van der Waals surface area contributed by atoms with Crippen LogP contribution in [-0.4, -0.2) is 23.4 Å². The van der Waals surface area contributed by atoms with E-state index in [0.29, 0.717) is 0 Å². The fourth-order valence-electron chi connectivity index (χ4n) is 0.115. The van der Waals surface area contributed by atoms with Gasteiger partial charge in [-0.05, 0) is 0 Å². The second kappa shape index (κ2) is 7.08. The average Bonchev–Trinajstić information content (AvgIpc) is 1.61. The summed E-state index contributed by atoms with van der Waals surface area (Å²) in [5.41, 5.74) is 0. The SMILES string of the molecule is O=[N+]([O-])OCCO.[Cd]. The molecule has 0 aliphatic carbocycles. The van der Waals surface area contributed by atoms with Crippen LogP contribution in [0.15, 0.2) is 0 Å². The topological polar surface area (TPSA) is 72.6 Å². The van der Waals surface area contributed by atoms with Crippen molar-refractivity contribution >= 4 is 0 Å². The van der Waals surface area contributed by atoms with E-state index < -0.39 is 5.09 Å². The van der Waals surface area contributed by atoms with E-state index in [1.807, 2.05) is 0 Å². The second-order valence-electron chi connectivity index (χ2n) is 0.780. The summed E-state index contributed by atoms with van der Waals surface area (Å²) in [5, 5.41) is 16.2. The molecular formula is C2H5CdNO4. The molecule has 0 rings (SSSR count). The van der Waals surface area contributed by atoms with Crippen LogP contribution in [0.5, 0.6) is 0 Å². The molecule has 0 aromatic heterocycles. The maximum Gasteiger partial charge on any atom is 0.294 e. The van der Waals surface area contributed by atoms with Crippen molar-refractivity contribution in [2.24, 2.45) is 0 Å². The molecule has 0 aliphatic heterocycles. The number of nitrogens with zero attached hydrogens (tertiary/aromatic N) is 1. The molecular weight excluding hydrogens is 214 g/mol. The molecule has 0 aromatic rings. The van der Waals surface area contributed by atoms with Crippen LogP contribution in [-0.2, 0) is 32.1 Å². The Morgan fingerprint density at radius 3 is 2.38 bits per heavy atom. The standard InChI is InChI=1S/C2H5NO4.Cd/c4-1-2-7-3(5)6;/h4H,1-2H2;. The zero-order valence-corrected chi connectivity index (χ0v) is 8.28. The molecule has 0 saturated carbocycles. The van der Waals surface area contributed by atoms with Crippen LogP contribution in [0.4, 0.5) is 0 Å². The van der Waals surface area contributed by atoms with Gasteiger partial charge in [0.1, 0.15) is 6.61 Å². The largest absolute Gasteiger partial charge is 0.394 e. The van der Waals surface area contributed by atoms with E-state index in [1.54, 1.807) is 0 Å². The molecule has 0 heterocycles. The Labute approximate surface area is 65.9 Å². The molecule has 0 fully saturated rings. The molecule has 6 heteroatoms. The fourth-order valence-corrected chi connectivity index (χ4v) is 0.115.